The number of hydrogen-bond donors (Lipinski definition) is 0. The number of hydrogen-bond acceptors (Lipinski definition) is 2. The maximum atomic E-state index is 5.40. The first-order valence-electron chi connectivity index (χ1n) is 5.44. The molecule has 0 amide bonds. The van der Waals surface area contributed by atoms with Crippen LogP contribution in [0.3, 0.4) is 0 Å². The first-order chi connectivity index (χ1) is 8.35. The first-order valence-corrected chi connectivity index (χ1v) is 5.44. The van der Waals surface area contributed by atoms with Crippen LogP contribution in [0.25, 0.3) is 27.8 Å². The van der Waals surface area contributed by atoms with Crippen LogP contribution in [-0.2, 0) is 0 Å². The Hall–Kier alpha value is -2.22. The van der Waals surface area contributed by atoms with Crippen molar-refractivity contribution < 1.29 is 9.15 Å². The van der Waals surface area contributed by atoms with Crippen LogP contribution < -0.4 is 4.74 Å². The molecule has 0 unspecified atom stereocenters. The molecule has 0 fully saturated rings. The number of rotatable bonds is 2. The van der Waals surface area contributed by atoms with Crippen molar-refractivity contribution in [3.8, 4) is 5.75 Å². The van der Waals surface area contributed by atoms with Crippen molar-refractivity contribution in [3.05, 3.63) is 48.7 Å². The van der Waals surface area contributed by atoms with E-state index in [9.17, 15) is 0 Å². The molecule has 3 aromatic rings. The van der Waals surface area contributed by atoms with Gasteiger partial charge >= 0.3 is 0 Å². The van der Waals surface area contributed by atoms with Gasteiger partial charge in [0.05, 0.1) is 13.4 Å². The van der Waals surface area contributed by atoms with Crippen molar-refractivity contribution in [1.29, 1.82) is 0 Å². The fourth-order valence-electron chi connectivity index (χ4n) is 2.25. The third kappa shape index (κ3) is 1.34. The monoisotopic (exact) mass is 224 g/mol. The second-order valence-electron chi connectivity index (χ2n) is 3.88. The third-order valence-corrected chi connectivity index (χ3v) is 3.06. The van der Waals surface area contributed by atoms with Gasteiger partial charge in [-0.2, -0.15) is 0 Å². The average Bonchev–Trinajstić information content (AvgIpc) is 2.85. The van der Waals surface area contributed by atoms with Gasteiger partial charge in [-0.3, -0.25) is 0 Å². The highest BCUT2D eigenvalue weighted by atomic mass is 16.5. The molecule has 2 aromatic carbocycles. The number of methoxy groups -OCH3 is 1. The Labute approximate surface area is 99.1 Å². The Morgan fingerprint density at radius 1 is 1.06 bits per heavy atom. The zero-order chi connectivity index (χ0) is 11.8. The minimum absolute atomic E-state index is 0.843. The summed E-state index contributed by atoms with van der Waals surface area (Å²) in [5.74, 6) is 0.843. The molecule has 3 rings (SSSR count). The van der Waals surface area contributed by atoms with Crippen molar-refractivity contribution in [2.24, 2.45) is 0 Å². The molecule has 0 N–H and O–H groups in total. The number of furan rings is 1. The Kier molecular flexibility index (Phi) is 2.15. The van der Waals surface area contributed by atoms with Gasteiger partial charge in [-0.05, 0) is 41.1 Å². The lowest BCUT2D eigenvalue weighted by atomic mass is 10.0. The highest BCUT2D eigenvalue weighted by Gasteiger charge is 2.08. The molecule has 1 heterocycles. The highest BCUT2D eigenvalue weighted by molar-refractivity contribution is 6.09. The number of benzene rings is 2. The van der Waals surface area contributed by atoms with Gasteiger partial charge in [-0.15, -0.1) is 0 Å². The van der Waals surface area contributed by atoms with E-state index in [1.54, 1.807) is 13.4 Å². The van der Waals surface area contributed by atoms with E-state index in [0.29, 0.717) is 0 Å². The quantitative estimate of drug-likeness (QED) is 0.649. The molecule has 2 nitrogen and oxygen atoms in total. The van der Waals surface area contributed by atoms with E-state index < -0.39 is 0 Å². The first kappa shape index (κ1) is 9.97. The lowest BCUT2D eigenvalue weighted by molar-refractivity contribution is 0.414. The average molecular weight is 224 g/mol. The molecule has 0 radical (unpaired) electrons. The summed E-state index contributed by atoms with van der Waals surface area (Å²) in [6.45, 7) is 3.85. The summed E-state index contributed by atoms with van der Waals surface area (Å²) in [7, 11) is 1.67. The van der Waals surface area contributed by atoms with Crippen LogP contribution in [0.15, 0.2) is 47.6 Å². The van der Waals surface area contributed by atoms with Crippen LogP contribution in [0.5, 0.6) is 5.75 Å². The van der Waals surface area contributed by atoms with Crippen molar-refractivity contribution >= 4 is 27.8 Å². The lowest BCUT2D eigenvalue weighted by Crippen LogP contribution is -1.88. The van der Waals surface area contributed by atoms with Crippen molar-refractivity contribution in [2.75, 3.05) is 7.11 Å². The van der Waals surface area contributed by atoms with Gasteiger partial charge in [-0.1, -0.05) is 12.7 Å². The smallest absolute Gasteiger partial charge is 0.134 e. The fourth-order valence-corrected chi connectivity index (χ4v) is 2.25. The van der Waals surface area contributed by atoms with E-state index in [1.165, 1.54) is 0 Å². The van der Waals surface area contributed by atoms with E-state index >= 15 is 0 Å². The van der Waals surface area contributed by atoms with Gasteiger partial charge in [0.2, 0.25) is 0 Å². The molecule has 17 heavy (non-hydrogen) atoms. The maximum absolute atomic E-state index is 5.40. The summed E-state index contributed by atoms with van der Waals surface area (Å²) < 4.78 is 10.7. The largest absolute Gasteiger partial charge is 0.496 e. The Morgan fingerprint density at radius 3 is 2.65 bits per heavy atom. The SMILES string of the molecule is C=Cc1c(OC)ccc2c1ccc1occc12. The molecular formula is C15H12O2. The van der Waals surface area contributed by atoms with Crippen LogP contribution >= 0.6 is 0 Å². The number of ether oxygens (including phenoxy) is 1. The molecule has 0 aliphatic heterocycles. The molecule has 2 heteroatoms. The van der Waals surface area contributed by atoms with E-state index in [2.05, 4.69) is 12.6 Å². The van der Waals surface area contributed by atoms with Gasteiger partial charge in [-0.25, -0.2) is 0 Å². The van der Waals surface area contributed by atoms with Gasteiger partial charge in [0.25, 0.3) is 0 Å². The zero-order valence-corrected chi connectivity index (χ0v) is 9.57. The van der Waals surface area contributed by atoms with Gasteiger partial charge in [0.15, 0.2) is 0 Å². The molecule has 0 bridgehead atoms. The zero-order valence-electron chi connectivity index (χ0n) is 9.57. The van der Waals surface area contributed by atoms with Crippen LogP contribution in [0.4, 0.5) is 0 Å². The van der Waals surface area contributed by atoms with Crippen LogP contribution in [-0.4, -0.2) is 7.11 Å². The minimum atomic E-state index is 0.843. The number of fused-ring (bicyclic) bond motifs is 3. The normalized spacial score (nSPS) is 10.9. The van der Waals surface area contributed by atoms with E-state index in [-0.39, 0.29) is 0 Å². The van der Waals surface area contributed by atoms with Crippen LogP contribution in [0, 0.1) is 0 Å². The minimum Gasteiger partial charge on any atom is -0.496 e. The third-order valence-electron chi connectivity index (χ3n) is 3.06. The predicted molar refractivity (Wildman–Crippen MR) is 70.4 cm³/mol. The second kappa shape index (κ2) is 3.67. The topological polar surface area (TPSA) is 22.4 Å². The summed E-state index contributed by atoms with van der Waals surface area (Å²) in [6, 6.07) is 10.0. The molecular weight excluding hydrogens is 212 g/mol. The van der Waals surface area contributed by atoms with Crippen LogP contribution in [0.2, 0.25) is 0 Å². The Bertz CT molecular complexity index is 707. The van der Waals surface area contributed by atoms with Gasteiger partial charge < -0.3 is 9.15 Å². The molecule has 0 aliphatic rings. The summed E-state index contributed by atoms with van der Waals surface area (Å²) in [4.78, 5) is 0. The van der Waals surface area contributed by atoms with Gasteiger partial charge in [0, 0.05) is 10.9 Å². The molecule has 0 atom stereocenters. The summed E-state index contributed by atoms with van der Waals surface area (Å²) in [5.41, 5.74) is 1.92. The standard InChI is InChI=1S/C15H12O2/c1-3-10-11-5-7-15-13(8-9-17-15)12(11)4-6-14(10)16-2/h3-9H,1H2,2H3. The Morgan fingerprint density at radius 2 is 1.88 bits per heavy atom. The van der Waals surface area contributed by atoms with E-state index in [4.69, 9.17) is 9.15 Å². The molecule has 0 spiro atoms. The maximum Gasteiger partial charge on any atom is 0.134 e. The molecule has 84 valence electrons. The van der Waals surface area contributed by atoms with E-state index in [1.807, 2.05) is 30.3 Å². The summed E-state index contributed by atoms with van der Waals surface area (Å²) in [6.07, 6.45) is 3.54. The van der Waals surface area contributed by atoms with Crippen LogP contribution in [0.1, 0.15) is 5.56 Å². The predicted octanol–water partition coefficient (Wildman–Crippen LogP) is 4.24. The van der Waals surface area contributed by atoms with Crippen molar-refractivity contribution in [1.82, 2.24) is 0 Å². The van der Waals surface area contributed by atoms with Crippen molar-refractivity contribution in [2.45, 2.75) is 0 Å². The molecule has 1 aromatic heterocycles. The second-order valence-corrected chi connectivity index (χ2v) is 3.88. The molecule has 0 aliphatic carbocycles. The fraction of sp³-hybridized carbons (Fsp3) is 0.0667. The summed E-state index contributed by atoms with van der Waals surface area (Å²) >= 11 is 0. The summed E-state index contributed by atoms with van der Waals surface area (Å²) in [5, 5.41) is 3.41. The van der Waals surface area contributed by atoms with Gasteiger partial charge in [0.1, 0.15) is 11.3 Å². The van der Waals surface area contributed by atoms with Crippen molar-refractivity contribution in [3.63, 3.8) is 0 Å². The Balaban J connectivity index is 2.51. The van der Waals surface area contributed by atoms with E-state index in [0.717, 1.165) is 33.1 Å². The molecule has 0 saturated heterocycles. The highest BCUT2D eigenvalue weighted by Crippen LogP contribution is 2.33. The molecule has 0 saturated carbocycles. The lowest BCUT2D eigenvalue weighted by Gasteiger charge is -2.09.